The summed E-state index contributed by atoms with van der Waals surface area (Å²) < 4.78 is 30.4. The minimum absolute atomic E-state index is 0.0424. The van der Waals surface area contributed by atoms with Gasteiger partial charge in [0.15, 0.2) is 5.78 Å². The normalized spacial score (nSPS) is 18.2. The third kappa shape index (κ3) is 6.02. The number of benzene rings is 3. The first kappa shape index (κ1) is 29.6. The molecule has 13 heteroatoms. The summed E-state index contributed by atoms with van der Waals surface area (Å²) in [4.78, 5) is 64.1. The summed E-state index contributed by atoms with van der Waals surface area (Å²) in [5.74, 6) is -3.85. The molecule has 1 saturated carbocycles. The monoisotopic (exact) mass is 605 g/mol. The number of hydrogen-bond donors (Lipinski definition) is 0. The van der Waals surface area contributed by atoms with Crippen molar-refractivity contribution in [3.05, 3.63) is 99.6 Å². The van der Waals surface area contributed by atoms with Crippen LogP contribution in [-0.4, -0.2) is 53.4 Å². The van der Waals surface area contributed by atoms with Crippen LogP contribution >= 0.6 is 0 Å². The maximum atomic E-state index is 13.6. The number of nitro benzene ring substituents is 1. The Hall–Kier alpha value is -4.91. The highest BCUT2D eigenvalue weighted by molar-refractivity contribution is 7.87. The molecule has 0 bridgehead atoms. The summed E-state index contributed by atoms with van der Waals surface area (Å²) in [6.45, 7) is 1.13. The number of ketones is 1. The summed E-state index contributed by atoms with van der Waals surface area (Å²) in [6.07, 6.45) is 2.51. The van der Waals surface area contributed by atoms with Crippen molar-refractivity contribution in [1.82, 2.24) is 10.0 Å². The second kappa shape index (κ2) is 11.8. The van der Waals surface area contributed by atoms with E-state index >= 15 is 0 Å². The fourth-order valence-electron chi connectivity index (χ4n) is 5.29. The Balaban J connectivity index is 1.39. The molecule has 12 nitrogen and oxygen atoms in total. The largest absolute Gasteiger partial charge is 0.379 e. The summed E-state index contributed by atoms with van der Waals surface area (Å²) in [5.41, 5.74) is 0.626. The van der Waals surface area contributed by atoms with Gasteiger partial charge in [0.05, 0.1) is 16.8 Å². The van der Waals surface area contributed by atoms with Gasteiger partial charge in [0.2, 0.25) is 0 Å². The van der Waals surface area contributed by atoms with Gasteiger partial charge in [-0.05, 0) is 68.3 Å². The number of carbonyl (C=O) groups is 4. The number of hydrazine groups is 1. The Morgan fingerprint density at radius 1 is 0.884 bits per heavy atom. The number of amides is 3. The first-order valence-corrected chi connectivity index (χ1v) is 15.0. The number of nitro groups is 1. The Bertz CT molecular complexity index is 1680. The van der Waals surface area contributed by atoms with Gasteiger partial charge in [0.1, 0.15) is 17.2 Å². The number of non-ortho nitro benzene ring substituents is 1. The van der Waals surface area contributed by atoms with Gasteiger partial charge in [-0.2, -0.15) is 13.4 Å². The number of nitrogens with zero attached hydrogens (tertiary/aromatic N) is 3. The molecule has 0 unspecified atom stereocenters. The third-order valence-corrected chi connectivity index (χ3v) is 8.87. The van der Waals surface area contributed by atoms with E-state index in [1.165, 1.54) is 48.5 Å². The summed E-state index contributed by atoms with van der Waals surface area (Å²) >= 11 is 0. The lowest BCUT2D eigenvalue weighted by Gasteiger charge is -2.30. The van der Waals surface area contributed by atoms with Gasteiger partial charge < -0.3 is 4.18 Å². The Labute approximate surface area is 247 Å². The molecule has 3 aromatic rings. The van der Waals surface area contributed by atoms with Crippen LogP contribution < -0.4 is 4.18 Å². The van der Waals surface area contributed by atoms with Crippen LogP contribution in [0.3, 0.4) is 0 Å². The van der Waals surface area contributed by atoms with E-state index in [-0.39, 0.29) is 27.5 Å². The number of Topliss-reactive ketones (excluding diaryl/α,β-unsaturated/α-hetero) is 1. The zero-order chi connectivity index (χ0) is 30.9. The lowest BCUT2D eigenvalue weighted by molar-refractivity contribution is -0.384. The molecule has 1 heterocycles. The molecule has 3 aromatic carbocycles. The highest BCUT2D eigenvalue weighted by Gasteiger charge is 2.51. The number of aryl methyl sites for hydroxylation is 1. The van der Waals surface area contributed by atoms with Gasteiger partial charge in [0.25, 0.3) is 23.4 Å². The number of carbonyl (C=O) groups excluding carboxylic acids is 4. The molecule has 2 fully saturated rings. The summed E-state index contributed by atoms with van der Waals surface area (Å²) in [5, 5.41) is 12.6. The predicted octanol–water partition coefficient (Wildman–Crippen LogP) is 4.09. The first-order valence-electron chi connectivity index (χ1n) is 13.5. The molecule has 5 rings (SSSR count). The highest BCUT2D eigenvalue weighted by Crippen LogP contribution is 2.39. The standard InChI is InChI=1S/C30H27N3O9S/c1-19-6-16-24(17-7-19)43(40,41)42-23-14-10-20(11-15-23)27(34)18-31(28(35)21-8-12-22(13-9-21)33(38)39)32-29(36)25-4-2-3-5-26(25)30(32)37/h6-17,25-26H,2-5,18H2,1H3/t25-,26+. The van der Waals surface area contributed by atoms with Gasteiger partial charge in [-0.25, -0.2) is 5.01 Å². The van der Waals surface area contributed by atoms with E-state index in [0.29, 0.717) is 12.8 Å². The van der Waals surface area contributed by atoms with E-state index in [4.69, 9.17) is 4.18 Å². The molecular formula is C30H27N3O9S. The van der Waals surface area contributed by atoms with Crippen molar-refractivity contribution >= 4 is 39.3 Å². The molecule has 0 aromatic heterocycles. The minimum Gasteiger partial charge on any atom is -0.379 e. The van der Waals surface area contributed by atoms with Gasteiger partial charge >= 0.3 is 10.1 Å². The molecular weight excluding hydrogens is 578 g/mol. The predicted molar refractivity (Wildman–Crippen MR) is 151 cm³/mol. The number of rotatable bonds is 9. The minimum atomic E-state index is -4.13. The lowest BCUT2D eigenvalue weighted by atomic mass is 9.81. The van der Waals surface area contributed by atoms with Crippen molar-refractivity contribution in [2.24, 2.45) is 11.8 Å². The fourth-order valence-corrected chi connectivity index (χ4v) is 6.22. The Kier molecular flexibility index (Phi) is 8.09. The van der Waals surface area contributed by atoms with E-state index in [0.717, 1.165) is 40.6 Å². The SMILES string of the molecule is Cc1ccc(S(=O)(=O)Oc2ccc(C(=O)CN(C(=O)c3ccc([N+](=O)[O-])cc3)N3C(=O)[C@H]4CCCC[C@H]4C3=O)cc2)cc1. The Morgan fingerprint density at radius 3 is 1.95 bits per heavy atom. The maximum Gasteiger partial charge on any atom is 0.339 e. The first-order chi connectivity index (χ1) is 20.5. The molecule has 43 heavy (non-hydrogen) atoms. The molecule has 1 aliphatic carbocycles. The average Bonchev–Trinajstić information content (AvgIpc) is 3.25. The van der Waals surface area contributed by atoms with Crippen LogP contribution in [0.1, 0.15) is 52.0 Å². The molecule has 3 amide bonds. The van der Waals surface area contributed by atoms with Gasteiger partial charge in [0, 0.05) is 23.3 Å². The zero-order valence-electron chi connectivity index (χ0n) is 23.0. The van der Waals surface area contributed by atoms with E-state index < -0.39 is 56.9 Å². The number of fused-ring (bicyclic) bond motifs is 1. The quantitative estimate of drug-likeness (QED) is 0.115. The van der Waals surface area contributed by atoms with Crippen molar-refractivity contribution in [2.45, 2.75) is 37.5 Å². The molecule has 2 atom stereocenters. The van der Waals surface area contributed by atoms with Crippen LogP contribution in [0.4, 0.5) is 5.69 Å². The number of imide groups is 1. The topological polar surface area (TPSA) is 161 Å². The van der Waals surface area contributed by atoms with Crippen molar-refractivity contribution < 1.29 is 36.7 Å². The molecule has 0 radical (unpaired) electrons. The van der Waals surface area contributed by atoms with Gasteiger partial charge in [-0.15, -0.1) is 0 Å². The average molecular weight is 606 g/mol. The van der Waals surface area contributed by atoms with Crippen molar-refractivity contribution in [1.29, 1.82) is 0 Å². The van der Waals surface area contributed by atoms with E-state index in [1.807, 2.05) is 6.92 Å². The van der Waals surface area contributed by atoms with Crippen LogP contribution in [0.25, 0.3) is 0 Å². The van der Waals surface area contributed by atoms with Gasteiger partial charge in [-0.3, -0.25) is 29.3 Å². The maximum absolute atomic E-state index is 13.6. The van der Waals surface area contributed by atoms with Gasteiger partial charge in [-0.1, -0.05) is 30.5 Å². The zero-order valence-corrected chi connectivity index (χ0v) is 23.9. The summed E-state index contributed by atoms with van der Waals surface area (Å²) in [6, 6.07) is 15.9. The lowest BCUT2D eigenvalue weighted by Crippen LogP contribution is -2.52. The van der Waals surface area contributed by atoms with Crippen LogP contribution in [0.15, 0.2) is 77.7 Å². The molecule has 0 spiro atoms. The van der Waals surface area contributed by atoms with E-state index in [9.17, 15) is 37.7 Å². The highest BCUT2D eigenvalue weighted by atomic mass is 32.2. The summed E-state index contributed by atoms with van der Waals surface area (Å²) in [7, 11) is -4.13. The second-order valence-electron chi connectivity index (χ2n) is 10.5. The fraction of sp³-hybridized carbons (Fsp3) is 0.267. The molecule has 1 saturated heterocycles. The van der Waals surface area contributed by atoms with Crippen LogP contribution in [0.5, 0.6) is 5.75 Å². The molecule has 2 aliphatic rings. The van der Waals surface area contributed by atoms with Crippen molar-refractivity contribution in [2.75, 3.05) is 6.54 Å². The smallest absolute Gasteiger partial charge is 0.339 e. The Morgan fingerprint density at radius 2 is 1.42 bits per heavy atom. The molecule has 1 aliphatic heterocycles. The number of hydrogen-bond acceptors (Lipinski definition) is 9. The van der Waals surface area contributed by atoms with Crippen LogP contribution in [0.2, 0.25) is 0 Å². The molecule has 222 valence electrons. The van der Waals surface area contributed by atoms with Crippen LogP contribution in [-0.2, 0) is 19.7 Å². The van der Waals surface area contributed by atoms with Crippen molar-refractivity contribution in [3.8, 4) is 5.75 Å². The van der Waals surface area contributed by atoms with E-state index in [1.54, 1.807) is 12.1 Å². The molecule has 0 N–H and O–H groups in total. The van der Waals surface area contributed by atoms with Crippen LogP contribution in [0, 0.1) is 28.9 Å². The third-order valence-electron chi connectivity index (χ3n) is 7.60. The van der Waals surface area contributed by atoms with Crippen molar-refractivity contribution in [3.63, 3.8) is 0 Å². The second-order valence-corrected chi connectivity index (χ2v) is 12.0. The van der Waals surface area contributed by atoms with E-state index in [2.05, 4.69) is 0 Å².